The van der Waals surface area contributed by atoms with Gasteiger partial charge < -0.3 is 42.5 Å². The Hall–Kier alpha value is -7.02. The van der Waals surface area contributed by atoms with Crippen LogP contribution in [0.5, 0.6) is 0 Å². The summed E-state index contributed by atoms with van der Waals surface area (Å²) in [4.78, 5) is 125. The molecule has 5 aromatic rings. The number of thioether (sulfide) groups is 1. The number of hydrogen-bond donors (Lipinski definition) is 7. The topological polar surface area (TPSA) is 294 Å². The summed E-state index contributed by atoms with van der Waals surface area (Å²) in [5.41, 5.74) is 11.9. The number of rotatable bonds is 8. The highest BCUT2D eigenvalue weighted by molar-refractivity contribution is 8.00. The minimum atomic E-state index is -1.57. The van der Waals surface area contributed by atoms with Crippen molar-refractivity contribution in [3.8, 4) is 15.4 Å². The first kappa shape index (κ1) is 57.2. The largest absolute Gasteiger partial charge is 0.368 e. The van der Waals surface area contributed by atoms with Gasteiger partial charge in [0.25, 0.3) is 0 Å². The van der Waals surface area contributed by atoms with E-state index < -0.39 is 102 Å². The molecule has 8 N–H and O–H groups in total. The van der Waals surface area contributed by atoms with Crippen LogP contribution in [-0.4, -0.2) is 132 Å². The summed E-state index contributed by atoms with van der Waals surface area (Å²) in [5, 5.41) is 26.5. The van der Waals surface area contributed by atoms with E-state index in [4.69, 9.17) is 22.3 Å². The number of halogens is 1. The molecule has 7 atom stereocenters. The molecular formula is C53H62ClN13O8S3. The number of fused-ring (bicyclic) bond motifs is 4. The number of hydrogen-bond acceptors (Lipinski definition) is 15. The number of carbonyl (C=O) groups is 8. The third-order valence-corrected chi connectivity index (χ3v) is 17.3. The Balaban J connectivity index is 1.09. The average molecular weight is 1140 g/mol. The van der Waals surface area contributed by atoms with Gasteiger partial charge in [-0.3, -0.25) is 47.9 Å². The molecule has 8 amide bonds. The summed E-state index contributed by atoms with van der Waals surface area (Å²) >= 11 is 10.2. The van der Waals surface area contributed by atoms with Gasteiger partial charge in [0, 0.05) is 39.9 Å². The zero-order chi connectivity index (χ0) is 56.3. The number of nitrogens with two attached hydrogens (primary N) is 1. The third-order valence-electron chi connectivity index (χ3n) is 13.9. The van der Waals surface area contributed by atoms with E-state index in [9.17, 15) is 38.4 Å². The van der Waals surface area contributed by atoms with Crippen LogP contribution in [-0.2, 0) is 38.4 Å². The molecule has 3 aromatic heterocycles. The van der Waals surface area contributed by atoms with Gasteiger partial charge in [-0.05, 0) is 81.7 Å². The molecule has 25 heteroatoms. The Labute approximate surface area is 468 Å². The Morgan fingerprint density at radius 1 is 0.859 bits per heavy atom. The lowest BCUT2D eigenvalue weighted by atomic mass is 9.85. The molecule has 8 rings (SSSR count). The molecule has 0 unspecified atom stereocenters. The number of nitrogens with one attached hydrogen (secondary N) is 6. The van der Waals surface area contributed by atoms with Gasteiger partial charge in [-0.2, -0.15) is 0 Å². The third kappa shape index (κ3) is 12.6. The number of carbonyl (C=O) groups excluding carboxylic acids is 8. The van der Waals surface area contributed by atoms with Gasteiger partial charge in [0.1, 0.15) is 53.1 Å². The van der Waals surface area contributed by atoms with Crippen molar-refractivity contribution in [3.63, 3.8) is 0 Å². The Bertz CT molecular complexity index is 3190. The fraction of sp³-hybridized carbons (Fsp3) is 0.434. The number of thiophene rings is 1. The molecule has 0 bridgehead atoms. The number of thiazole rings is 1. The number of aryl methyl sites for hydroxylation is 3. The van der Waals surface area contributed by atoms with Crippen LogP contribution >= 0.6 is 46.0 Å². The zero-order valence-electron chi connectivity index (χ0n) is 44.3. The molecule has 3 aliphatic heterocycles. The smallest absolute Gasteiger partial charge is 0.247 e. The lowest BCUT2D eigenvalue weighted by Gasteiger charge is -2.35. The normalized spacial score (nSPS) is 23.0. The van der Waals surface area contributed by atoms with Crippen LogP contribution in [0.25, 0.3) is 15.4 Å². The predicted octanol–water partition coefficient (Wildman–Crippen LogP) is 3.82. The van der Waals surface area contributed by atoms with E-state index in [2.05, 4.69) is 47.1 Å². The first-order valence-electron chi connectivity index (χ1n) is 25.3. The molecule has 2 fully saturated rings. The summed E-state index contributed by atoms with van der Waals surface area (Å²) in [6.45, 7) is 14.1. The summed E-state index contributed by atoms with van der Waals surface area (Å²) in [6.07, 6.45) is 0.469. The SMILES string of the molecule is Cc1ncsc1-c1ccc([C@H]2NC(=O)[C@@H]3CCCN3C(=O)[C@H](C(C)(C)C)NC(=O)CSC[C@H](C(N)=O)NC(=O)[C@@H](CNC(=O)C[C@@H]3N=C(c4ccc(Cl)cc4)c4c(sc(C)c4C)-n4c(C)nnc43)NC(=O)[C@H](C)NC2=O)cc1. The van der Waals surface area contributed by atoms with E-state index in [1.54, 1.807) is 74.0 Å². The molecule has 0 saturated carbocycles. The highest BCUT2D eigenvalue weighted by Gasteiger charge is 2.43. The van der Waals surface area contributed by atoms with Crippen molar-refractivity contribution in [2.45, 2.75) is 117 Å². The van der Waals surface area contributed by atoms with Gasteiger partial charge in [0.05, 0.1) is 34.0 Å². The van der Waals surface area contributed by atoms with Crippen LogP contribution in [0.3, 0.4) is 0 Å². The summed E-state index contributed by atoms with van der Waals surface area (Å²) in [7, 11) is 0. The van der Waals surface area contributed by atoms with Crippen LogP contribution in [0.1, 0.15) is 104 Å². The molecule has 3 aliphatic rings. The quantitative estimate of drug-likeness (QED) is 0.117. The van der Waals surface area contributed by atoms with E-state index in [0.717, 1.165) is 54.5 Å². The second-order valence-electron chi connectivity index (χ2n) is 20.6. The Kier molecular flexibility index (Phi) is 17.5. The maximum absolute atomic E-state index is 14.5. The van der Waals surface area contributed by atoms with Crippen molar-refractivity contribution < 1.29 is 38.4 Å². The van der Waals surface area contributed by atoms with Crippen molar-refractivity contribution in [3.05, 3.63) is 104 Å². The number of primary amides is 1. The fourth-order valence-corrected chi connectivity index (χ4v) is 12.5. The zero-order valence-corrected chi connectivity index (χ0v) is 47.5. The number of aliphatic imine (C=N–C) groups is 1. The highest BCUT2D eigenvalue weighted by Crippen LogP contribution is 2.40. The molecule has 412 valence electrons. The van der Waals surface area contributed by atoms with Gasteiger partial charge in [-0.25, -0.2) is 4.98 Å². The second kappa shape index (κ2) is 23.9. The Morgan fingerprint density at radius 3 is 2.23 bits per heavy atom. The standard InChI is InChI=1S/C53H62ClN13O8S3/c1-25-28(4)78-52-40(25)41(30-15-17-33(54)18-16-30)59-34(46-65-64-29(5)67(46)52)20-38(68)56-21-35-48(72)61-36(45(55)70)22-76-23-39(69)62-44(53(6,7)8)51(75)66-19-9-10-37(66)49(73)63-42(50(74)58-27(3)47(71)60-35)31-11-13-32(14-12-31)43-26(2)57-24-77-43/h11-18,24,27,34-37,42,44H,9-10,19-23H2,1-8H3,(H2,55,70)(H,56,68)(H,58,74)(H,60,71)(H,61,72)(H,62,69)(H,63,73)/t27-,34-,35+,36+,37-,42+,44+/m0/s1. The van der Waals surface area contributed by atoms with E-state index in [-0.39, 0.29) is 30.9 Å². The lowest BCUT2D eigenvalue weighted by molar-refractivity contribution is -0.144. The van der Waals surface area contributed by atoms with Gasteiger partial charge in [0.2, 0.25) is 47.3 Å². The summed E-state index contributed by atoms with van der Waals surface area (Å²) in [6, 6.07) is 5.46. The van der Waals surface area contributed by atoms with Crippen molar-refractivity contribution in [2.75, 3.05) is 24.6 Å². The van der Waals surface area contributed by atoms with Crippen LogP contribution in [0.15, 0.2) is 59.0 Å². The van der Waals surface area contributed by atoms with E-state index in [1.165, 1.54) is 23.2 Å². The number of benzene rings is 2. The van der Waals surface area contributed by atoms with Crippen molar-refractivity contribution in [1.29, 1.82) is 0 Å². The molecule has 2 aromatic carbocycles. The maximum Gasteiger partial charge on any atom is 0.247 e. The van der Waals surface area contributed by atoms with E-state index in [1.807, 2.05) is 44.4 Å². The number of nitrogens with zero attached hydrogens (tertiary/aromatic N) is 6. The molecule has 6 heterocycles. The number of aromatic nitrogens is 4. The van der Waals surface area contributed by atoms with E-state index in [0.29, 0.717) is 34.4 Å². The van der Waals surface area contributed by atoms with E-state index >= 15 is 0 Å². The number of amides is 8. The minimum Gasteiger partial charge on any atom is -0.368 e. The fourth-order valence-electron chi connectivity index (χ4n) is 9.47. The lowest BCUT2D eigenvalue weighted by Crippen LogP contribution is -2.60. The van der Waals surface area contributed by atoms with Crippen molar-refractivity contribution >= 4 is 99.0 Å². The molecule has 78 heavy (non-hydrogen) atoms. The molecule has 2 saturated heterocycles. The first-order chi connectivity index (χ1) is 37.0. The first-order valence-corrected chi connectivity index (χ1v) is 28.5. The van der Waals surface area contributed by atoms with Gasteiger partial charge in [-0.1, -0.05) is 68.8 Å². The maximum atomic E-state index is 14.5. The second-order valence-corrected chi connectivity index (χ2v) is 24.1. The predicted molar refractivity (Wildman–Crippen MR) is 298 cm³/mol. The highest BCUT2D eigenvalue weighted by atomic mass is 35.5. The van der Waals surface area contributed by atoms with Crippen LogP contribution in [0.4, 0.5) is 0 Å². The summed E-state index contributed by atoms with van der Waals surface area (Å²) < 4.78 is 1.89. The van der Waals surface area contributed by atoms with Gasteiger partial charge in [0.15, 0.2) is 5.82 Å². The van der Waals surface area contributed by atoms with Crippen molar-refractivity contribution in [1.82, 2.24) is 56.5 Å². The van der Waals surface area contributed by atoms with Gasteiger partial charge in [-0.15, -0.1) is 44.6 Å². The Morgan fingerprint density at radius 2 is 1.56 bits per heavy atom. The molecule has 0 aliphatic carbocycles. The summed E-state index contributed by atoms with van der Waals surface area (Å²) in [5.74, 6) is -5.28. The van der Waals surface area contributed by atoms with Crippen molar-refractivity contribution in [2.24, 2.45) is 16.1 Å². The molecular weight excluding hydrogens is 1080 g/mol. The van der Waals surface area contributed by atoms with Crippen LogP contribution < -0.4 is 37.6 Å². The monoisotopic (exact) mass is 1140 g/mol. The minimum absolute atomic E-state index is 0.192. The molecule has 21 nitrogen and oxygen atoms in total. The van der Waals surface area contributed by atoms with Crippen LogP contribution in [0, 0.1) is 33.1 Å². The van der Waals surface area contributed by atoms with Crippen LogP contribution in [0.2, 0.25) is 5.02 Å². The molecule has 0 spiro atoms. The average Bonchev–Trinajstić information content (AvgIpc) is 4.41. The molecule has 0 radical (unpaired) electrons. The van der Waals surface area contributed by atoms with Gasteiger partial charge >= 0.3 is 0 Å².